The third-order valence-corrected chi connectivity index (χ3v) is 6.20. The number of nitriles is 1. The minimum Gasteiger partial charge on any atom is -0.337 e. The number of hydrogen-bond acceptors (Lipinski definition) is 4. The molecule has 2 rings (SSSR count). The molecule has 5 nitrogen and oxygen atoms in total. The largest absolute Gasteiger partial charge is 0.337 e. The topological polar surface area (TPSA) is 82.0 Å². The van der Waals surface area contributed by atoms with Crippen LogP contribution >= 0.6 is 12.2 Å². The van der Waals surface area contributed by atoms with E-state index in [4.69, 9.17) is 12.2 Å². The zero-order chi connectivity index (χ0) is 20.7. The average molecular weight is 414 g/mol. The minimum atomic E-state index is -3.91. The van der Waals surface area contributed by atoms with Crippen molar-refractivity contribution in [3.8, 4) is 6.07 Å². The Morgan fingerprint density at radius 3 is 2.18 bits per heavy atom. The first-order chi connectivity index (χ1) is 13.3. The predicted molar refractivity (Wildman–Crippen MR) is 117 cm³/mol. The lowest BCUT2D eigenvalue weighted by molar-refractivity contribution is 0.603. The van der Waals surface area contributed by atoms with E-state index in [1.807, 2.05) is 25.1 Å². The Morgan fingerprint density at radius 2 is 1.68 bits per heavy atom. The number of nitrogens with one attached hydrogen (secondary N) is 2. The van der Waals surface area contributed by atoms with Gasteiger partial charge in [0.1, 0.15) is 6.07 Å². The third kappa shape index (κ3) is 4.97. The Labute approximate surface area is 172 Å². The molecule has 0 aliphatic carbocycles. The van der Waals surface area contributed by atoms with Gasteiger partial charge < -0.3 is 10.6 Å². The molecule has 2 N–H and O–H groups in total. The molecular weight excluding hydrogens is 390 g/mol. The van der Waals surface area contributed by atoms with E-state index in [2.05, 4.69) is 24.5 Å². The van der Waals surface area contributed by atoms with Crippen LogP contribution in [0.2, 0.25) is 0 Å². The number of hydrogen-bond donors (Lipinski definition) is 2. The van der Waals surface area contributed by atoms with E-state index in [1.54, 1.807) is 18.2 Å². The van der Waals surface area contributed by atoms with Crippen molar-refractivity contribution < 1.29 is 8.42 Å². The van der Waals surface area contributed by atoms with Gasteiger partial charge in [0.15, 0.2) is 10.0 Å². The fourth-order valence-corrected chi connectivity index (χ4v) is 3.94. The molecule has 0 heterocycles. The highest BCUT2D eigenvalue weighted by Crippen LogP contribution is 2.23. The maximum Gasteiger partial charge on any atom is 0.218 e. The van der Waals surface area contributed by atoms with E-state index in [9.17, 15) is 13.7 Å². The quantitative estimate of drug-likeness (QED) is 0.544. The van der Waals surface area contributed by atoms with Gasteiger partial charge in [0.25, 0.3) is 0 Å². The number of allylic oxidation sites excluding steroid dienone is 1. The molecule has 0 radical (unpaired) electrons. The summed E-state index contributed by atoms with van der Waals surface area (Å²) in [7, 11) is -3.91. The van der Waals surface area contributed by atoms with Crippen LogP contribution in [0, 0.1) is 18.3 Å². The Bertz CT molecular complexity index is 1010. The Kier molecular flexibility index (Phi) is 7.32. The normalized spacial score (nSPS) is 11.6. The zero-order valence-corrected chi connectivity index (χ0v) is 17.7. The molecule has 0 bridgehead atoms. The van der Waals surface area contributed by atoms with Crippen LogP contribution in [0.4, 0.5) is 5.69 Å². The maximum atomic E-state index is 12.7. The van der Waals surface area contributed by atoms with Crippen LogP contribution in [-0.2, 0) is 22.7 Å². The van der Waals surface area contributed by atoms with Crippen molar-refractivity contribution in [1.82, 2.24) is 5.32 Å². The van der Waals surface area contributed by atoms with Crippen LogP contribution in [0.15, 0.2) is 58.5 Å². The molecule has 0 unspecified atom stereocenters. The molecule has 0 aromatic heterocycles. The van der Waals surface area contributed by atoms with Crippen molar-refractivity contribution >= 4 is 32.9 Å². The number of thiocarbonyl (C=S) groups is 1. The molecular formula is C21H23N3O2S2. The minimum absolute atomic E-state index is 0.0659. The summed E-state index contributed by atoms with van der Waals surface area (Å²) in [6.45, 7) is 5.97. The van der Waals surface area contributed by atoms with Crippen LogP contribution in [0.5, 0.6) is 0 Å². The SMILES string of the molecule is CCc1cccc(CC)c1NC(=S)N/C=C(/C#N)S(=O)(=O)c1ccc(C)cc1. The lowest BCUT2D eigenvalue weighted by Gasteiger charge is -2.16. The van der Waals surface area contributed by atoms with Gasteiger partial charge in [-0.1, -0.05) is 49.7 Å². The highest BCUT2D eigenvalue weighted by atomic mass is 32.2. The van der Waals surface area contributed by atoms with Crippen LogP contribution in [0.3, 0.4) is 0 Å². The van der Waals surface area contributed by atoms with Crippen LogP contribution in [0.25, 0.3) is 0 Å². The summed E-state index contributed by atoms with van der Waals surface area (Å²) in [4.78, 5) is -0.337. The number of nitrogens with zero attached hydrogens (tertiary/aromatic N) is 1. The molecule has 2 aromatic carbocycles. The van der Waals surface area contributed by atoms with Gasteiger partial charge in [-0.3, -0.25) is 0 Å². The summed E-state index contributed by atoms with van der Waals surface area (Å²) >= 11 is 5.30. The van der Waals surface area contributed by atoms with Gasteiger partial charge >= 0.3 is 0 Å². The van der Waals surface area contributed by atoms with Crippen LogP contribution in [-0.4, -0.2) is 13.5 Å². The van der Waals surface area contributed by atoms with Crippen LogP contribution in [0.1, 0.15) is 30.5 Å². The monoisotopic (exact) mass is 413 g/mol. The Morgan fingerprint density at radius 1 is 1.11 bits per heavy atom. The van der Waals surface area contributed by atoms with Crippen molar-refractivity contribution in [2.24, 2.45) is 0 Å². The highest BCUT2D eigenvalue weighted by molar-refractivity contribution is 7.95. The van der Waals surface area contributed by atoms with E-state index in [-0.39, 0.29) is 10.0 Å². The van der Waals surface area contributed by atoms with Crippen molar-refractivity contribution in [3.63, 3.8) is 0 Å². The molecule has 7 heteroatoms. The number of para-hydroxylation sites is 1. The number of rotatable bonds is 6. The van der Waals surface area contributed by atoms with Gasteiger partial charge in [-0.2, -0.15) is 5.26 Å². The first-order valence-corrected chi connectivity index (χ1v) is 10.8. The molecule has 0 fully saturated rings. The summed E-state index contributed by atoms with van der Waals surface area (Å²) in [5.74, 6) is 0. The zero-order valence-electron chi connectivity index (χ0n) is 16.1. The molecule has 146 valence electrons. The number of aryl methyl sites for hydroxylation is 3. The fraction of sp³-hybridized carbons (Fsp3) is 0.238. The van der Waals surface area contributed by atoms with Gasteiger partial charge in [-0.15, -0.1) is 0 Å². The predicted octanol–water partition coefficient (Wildman–Crippen LogP) is 4.25. The summed E-state index contributed by atoms with van der Waals surface area (Å²) < 4.78 is 25.3. The number of sulfone groups is 1. The van der Waals surface area contributed by atoms with E-state index in [0.29, 0.717) is 0 Å². The van der Waals surface area contributed by atoms with Crippen molar-refractivity contribution in [2.45, 2.75) is 38.5 Å². The molecule has 0 saturated carbocycles. The van der Waals surface area contributed by atoms with E-state index in [0.717, 1.165) is 41.4 Å². The molecule has 0 aliphatic heterocycles. The highest BCUT2D eigenvalue weighted by Gasteiger charge is 2.20. The van der Waals surface area contributed by atoms with Crippen molar-refractivity contribution in [3.05, 3.63) is 70.3 Å². The van der Waals surface area contributed by atoms with E-state index in [1.165, 1.54) is 12.1 Å². The van der Waals surface area contributed by atoms with E-state index >= 15 is 0 Å². The summed E-state index contributed by atoms with van der Waals surface area (Å²) in [6, 6.07) is 14.1. The van der Waals surface area contributed by atoms with Gasteiger partial charge in [-0.25, -0.2) is 8.42 Å². The molecule has 28 heavy (non-hydrogen) atoms. The second kappa shape index (κ2) is 9.49. The maximum absolute atomic E-state index is 12.7. The Balaban J connectivity index is 2.23. The first kappa shape index (κ1) is 21.6. The first-order valence-electron chi connectivity index (χ1n) is 8.93. The van der Waals surface area contributed by atoms with Crippen molar-refractivity contribution in [2.75, 3.05) is 5.32 Å². The van der Waals surface area contributed by atoms with Gasteiger partial charge in [0, 0.05) is 11.9 Å². The molecule has 0 saturated heterocycles. The molecule has 2 aromatic rings. The summed E-state index contributed by atoms with van der Waals surface area (Å²) in [5.41, 5.74) is 4.07. The summed E-state index contributed by atoms with van der Waals surface area (Å²) in [6.07, 6.45) is 2.80. The number of anilines is 1. The second-order valence-corrected chi connectivity index (χ2v) is 8.52. The Hall–Kier alpha value is -2.69. The lowest BCUT2D eigenvalue weighted by Crippen LogP contribution is -2.26. The smallest absolute Gasteiger partial charge is 0.218 e. The average Bonchev–Trinajstić information content (AvgIpc) is 2.68. The van der Waals surface area contributed by atoms with E-state index < -0.39 is 14.7 Å². The van der Waals surface area contributed by atoms with Gasteiger partial charge in [0.05, 0.1) is 4.90 Å². The summed E-state index contributed by atoms with van der Waals surface area (Å²) in [5, 5.41) is 15.4. The van der Waals surface area contributed by atoms with Crippen LogP contribution < -0.4 is 10.6 Å². The molecule has 0 atom stereocenters. The second-order valence-electron chi connectivity index (χ2n) is 6.19. The number of benzene rings is 2. The van der Waals surface area contributed by atoms with Crippen molar-refractivity contribution in [1.29, 1.82) is 5.26 Å². The lowest BCUT2D eigenvalue weighted by atomic mass is 10.0. The molecule has 0 spiro atoms. The van der Waals surface area contributed by atoms with Gasteiger partial charge in [-0.05, 0) is 55.2 Å². The molecule has 0 aliphatic rings. The fourth-order valence-electron chi connectivity index (χ4n) is 2.70. The van der Waals surface area contributed by atoms with Gasteiger partial charge in [0.2, 0.25) is 9.84 Å². The standard InChI is InChI=1S/C21H23N3O2S2/c1-4-16-7-6-8-17(5-2)20(16)24-21(27)23-14-19(13-22)28(25,26)18-11-9-15(3)10-12-18/h6-12,14H,4-5H2,1-3H3,(H2,23,24,27)/b19-14-. The molecule has 0 amide bonds. The third-order valence-electron chi connectivity index (χ3n) is 4.30.